The van der Waals surface area contributed by atoms with Gasteiger partial charge in [-0.25, -0.2) is 4.68 Å². The topological polar surface area (TPSA) is 56.1 Å². The molecule has 25 heavy (non-hydrogen) atoms. The number of hydrogen-bond acceptors (Lipinski definition) is 3. The number of rotatable bonds is 6. The van der Waals surface area contributed by atoms with Crippen LogP contribution in [0.4, 0.5) is 0 Å². The fourth-order valence-electron chi connectivity index (χ4n) is 3.07. The Labute approximate surface area is 147 Å². The van der Waals surface area contributed by atoms with Crippen LogP contribution in [-0.2, 0) is 9.53 Å². The molecule has 0 spiro atoms. The summed E-state index contributed by atoms with van der Waals surface area (Å²) in [5, 5.41) is 9.90. The first-order valence-corrected chi connectivity index (χ1v) is 8.42. The molecule has 0 fully saturated rings. The summed E-state index contributed by atoms with van der Waals surface area (Å²) < 4.78 is 6.89. The van der Waals surface area contributed by atoms with Gasteiger partial charge in [0.05, 0.1) is 24.5 Å². The van der Waals surface area contributed by atoms with Crippen LogP contribution in [-0.4, -0.2) is 29.4 Å². The first-order valence-electron chi connectivity index (χ1n) is 8.42. The summed E-state index contributed by atoms with van der Waals surface area (Å²) in [7, 11) is 1.59. The van der Waals surface area contributed by atoms with Crippen LogP contribution >= 0.6 is 0 Å². The Morgan fingerprint density at radius 1 is 1.24 bits per heavy atom. The number of fused-ring (bicyclic) bond motifs is 1. The molecule has 130 valence electrons. The van der Waals surface area contributed by atoms with E-state index in [1.54, 1.807) is 7.11 Å². The number of methoxy groups -OCH3 is 1. The van der Waals surface area contributed by atoms with Gasteiger partial charge in [-0.05, 0) is 25.3 Å². The van der Waals surface area contributed by atoms with E-state index < -0.39 is 0 Å². The lowest BCUT2D eigenvalue weighted by molar-refractivity contribution is -0.122. The van der Waals surface area contributed by atoms with Crippen LogP contribution in [0.3, 0.4) is 0 Å². The summed E-state index contributed by atoms with van der Waals surface area (Å²) in [6.45, 7) is 4.43. The Balaban J connectivity index is 1.89. The standard InChI is InChI=1S/C20H23N3O2/c1-14(22-20(24)11-12-25-3)18-13-21-23(15(18)2)19-10-6-8-16-7-4-5-9-17(16)19/h4-10,13-14H,11-12H2,1-3H3,(H,22,24)/t14-/m0/s1. The fraction of sp³-hybridized carbons (Fsp3) is 0.300. The van der Waals surface area contributed by atoms with Crippen LogP contribution < -0.4 is 5.32 Å². The number of nitrogens with one attached hydrogen (secondary N) is 1. The van der Waals surface area contributed by atoms with Gasteiger partial charge in [-0.3, -0.25) is 4.79 Å². The lowest BCUT2D eigenvalue weighted by atomic mass is 10.1. The second kappa shape index (κ2) is 7.49. The highest BCUT2D eigenvalue weighted by Crippen LogP contribution is 2.25. The third kappa shape index (κ3) is 3.56. The Bertz CT molecular complexity index is 880. The van der Waals surface area contributed by atoms with Crippen LogP contribution in [0.2, 0.25) is 0 Å². The van der Waals surface area contributed by atoms with Crippen molar-refractivity contribution in [3.63, 3.8) is 0 Å². The molecule has 0 radical (unpaired) electrons. The maximum absolute atomic E-state index is 11.9. The summed E-state index contributed by atoms with van der Waals surface area (Å²) >= 11 is 0. The number of carbonyl (C=O) groups is 1. The van der Waals surface area contributed by atoms with E-state index in [0.29, 0.717) is 13.0 Å². The second-order valence-corrected chi connectivity index (χ2v) is 6.13. The predicted molar refractivity (Wildman–Crippen MR) is 98.9 cm³/mol. The third-order valence-corrected chi connectivity index (χ3v) is 4.42. The highest BCUT2D eigenvalue weighted by atomic mass is 16.5. The van der Waals surface area contributed by atoms with E-state index in [9.17, 15) is 4.79 Å². The lowest BCUT2D eigenvalue weighted by Crippen LogP contribution is -2.27. The molecule has 0 saturated carbocycles. The highest BCUT2D eigenvalue weighted by Gasteiger charge is 2.17. The average molecular weight is 337 g/mol. The van der Waals surface area contributed by atoms with Gasteiger partial charge < -0.3 is 10.1 Å². The Hall–Kier alpha value is -2.66. The maximum Gasteiger partial charge on any atom is 0.222 e. The first-order chi connectivity index (χ1) is 12.1. The zero-order valence-electron chi connectivity index (χ0n) is 14.8. The summed E-state index contributed by atoms with van der Waals surface area (Å²) in [4.78, 5) is 11.9. The van der Waals surface area contributed by atoms with Crippen molar-refractivity contribution >= 4 is 16.7 Å². The molecule has 3 aromatic rings. The maximum atomic E-state index is 11.9. The Morgan fingerprint density at radius 2 is 2.00 bits per heavy atom. The first kappa shape index (κ1) is 17.2. The molecule has 0 aliphatic carbocycles. The zero-order chi connectivity index (χ0) is 17.8. The number of aromatic nitrogens is 2. The van der Waals surface area contributed by atoms with E-state index >= 15 is 0 Å². The van der Waals surface area contributed by atoms with Crippen LogP contribution in [0.15, 0.2) is 48.7 Å². The summed E-state index contributed by atoms with van der Waals surface area (Å²) in [5.41, 5.74) is 3.08. The Morgan fingerprint density at radius 3 is 2.80 bits per heavy atom. The molecule has 1 amide bonds. The smallest absolute Gasteiger partial charge is 0.222 e. The molecule has 2 aromatic carbocycles. The molecule has 0 aliphatic heterocycles. The van der Waals surface area contributed by atoms with Crippen molar-refractivity contribution in [2.24, 2.45) is 0 Å². The van der Waals surface area contributed by atoms with Gasteiger partial charge in [0.1, 0.15) is 0 Å². The van der Waals surface area contributed by atoms with Gasteiger partial charge >= 0.3 is 0 Å². The molecular weight excluding hydrogens is 314 g/mol. The lowest BCUT2D eigenvalue weighted by Gasteiger charge is -2.14. The van der Waals surface area contributed by atoms with Crippen molar-refractivity contribution in [3.8, 4) is 5.69 Å². The van der Waals surface area contributed by atoms with Crippen molar-refractivity contribution in [1.29, 1.82) is 0 Å². The molecule has 1 aromatic heterocycles. The molecule has 0 saturated heterocycles. The van der Waals surface area contributed by atoms with E-state index in [1.165, 1.54) is 5.39 Å². The van der Waals surface area contributed by atoms with Gasteiger partial charge in [0.2, 0.25) is 5.91 Å². The zero-order valence-corrected chi connectivity index (χ0v) is 14.8. The van der Waals surface area contributed by atoms with Gasteiger partial charge in [-0.1, -0.05) is 36.4 Å². The predicted octanol–water partition coefficient (Wildman–Crippen LogP) is 3.55. The second-order valence-electron chi connectivity index (χ2n) is 6.13. The minimum absolute atomic E-state index is 0.0216. The van der Waals surface area contributed by atoms with E-state index in [-0.39, 0.29) is 11.9 Å². The molecule has 0 aliphatic rings. The number of benzene rings is 2. The molecule has 1 atom stereocenters. The quantitative estimate of drug-likeness (QED) is 0.748. The van der Waals surface area contributed by atoms with E-state index in [1.807, 2.05) is 42.9 Å². The minimum Gasteiger partial charge on any atom is -0.384 e. The molecular formula is C20H23N3O2. The van der Waals surface area contributed by atoms with Crippen molar-refractivity contribution in [2.75, 3.05) is 13.7 Å². The van der Waals surface area contributed by atoms with Gasteiger partial charge in [-0.2, -0.15) is 5.10 Å². The van der Waals surface area contributed by atoms with E-state index in [4.69, 9.17) is 4.74 Å². The molecule has 0 unspecified atom stereocenters. The number of hydrogen-bond donors (Lipinski definition) is 1. The minimum atomic E-state index is -0.104. The third-order valence-electron chi connectivity index (χ3n) is 4.42. The molecule has 1 heterocycles. The van der Waals surface area contributed by atoms with Crippen molar-refractivity contribution < 1.29 is 9.53 Å². The number of nitrogens with zero attached hydrogens (tertiary/aromatic N) is 2. The Kier molecular flexibility index (Phi) is 5.14. The van der Waals surface area contributed by atoms with Crippen LogP contribution in [0.5, 0.6) is 0 Å². The van der Waals surface area contributed by atoms with Gasteiger partial charge in [-0.15, -0.1) is 0 Å². The molecule has 0 bridgehead atoms. The largest absolute Gasteiger partial charge is 0.384 e. The molecule has 5 nitrogen and oxygen atoms in total. The van der Waals surface area contributed by atoms with Crippen molar-refractivity contribution in [2.45, 2.75) is 26.3 Å². The summed E-state index contributed by atoms with van der Waals surface area (Å²) in [6.07, 6.45) is 2.19. The number of ether oxygens (including phenoxy) is 1. The average Bonchev–Trinajstić information content (AvgIpc) is 3.01. The molecule has 1 N–H and O–H groups in total. The van der Waals surface area contributed by atoms with Crippen molar-refractivity contribution in [1.82, 2.24) is 15.1 Å². The summed E-state index contributed by atoms with van der Waals surface area (Å²) in [6, 6.07) is 14.3. The van der Waals surface area contributed by atoms with Gasteiger partial charge in [0.25, 0.3) is 0 Å². The highest BCUT2D eigenvalue weighted by molar-refractivity contribution is 5.90. The van der Waals surface area contributed by atoms with Gasteiger partial charge in [0, 0.05) is 30.2 Å². The van der Waals surface area contributed by atoms with Crippen molar-refractivity contribution in [3.05, 3.63) is 59.9 Å². The fourth-order valence-corrected chi connectivity index (χ4v) is 3.07. The number of carbonyl (C=O) groups excluding carboxylic acids is 1. The summed E-state index contributed by atoms with van der Waals surface area (Å²) in [5.74, 6) is -0.0216. The van der Waals surface area contributed by atoms with Crippen LogP contribution in [0, 0.1) is 6.92 Å². The SMILES string of the molecule is COCCC(=O)N[C@@H](C)c1cnn(-c2cccc3ccccc23)c1C. The monoisotopic (exact) mass is 337 g/mol. The number of amides is 1. The normalized spacial score (nSPS) is 12.3. The van der Waals surface area contributed by atoms with Crippen LogP contribution in [0.25, 0.3) is 16.5 Å². The van der Waals surface area contributed by atoms with Crippen LogP contribution in [0.1, 0.15) is 30.6 Å². The molecule has 3 rings (SSSR count). The molecule has 5 heteroatoms. The van der Waals surface area contributed by atoms with E-state index in [0.717, 1.165) is 22.3 Å². The van der Waals surface area contributed by atoms with E-state index in [2.05, 4.69) is 34.7 Å². The van der Waals surface area contributed by atoms with Gasteiger partial charge in [0.15, 0.2) is 0 Å².